The number of piperidine rings is 1. The van der Waals surface area contributed by atoms with Crippen LogP contribution in [0.5, 0.6) is 0 Å². The normalized spacial score (nSPS) is 17.5. The molecule has 0 unspecified atom stereocenters. The number of aryl methyl sites for hydroxylation is 1. The summed E-state index contributed by atoms with van der Waals surface area (Å²) in [5, 5.41) is 7.49. The molecule has 1 aliphatic heterocycles. The molecule has 0 radical (unpaired) electrons. The van der Waals surface area contributed by atoms with Gasteiger partial charge in [-0.15, -0.1) is 10.2 Å². The van der Waals surface area contributed by atoms with Gasteiger partial charge in [0.2, 0.25) is 10.0 Å². The van der Waals surface area contributed by atoms with E-state index in [4.69, 9.17) is 5.73 Å². The van der Waals surface area contributed by atoms with E-state index in [1.807, 2.05) is 11.8 Å². The van der Waals surface area contributed by atoms with E-state index in [1.54, 1.807) is 6.92 Å². The van der Waals surface area contributed by atoms with Crippen LogP contribution in [-0.4, -0.2) is 55.6 Å². The summed E-state index contributed by atoms with van der Waals surface area (Å²) >= 11 is 0. The molecule has 2 aromatic rings. The van der Waals surface area contributed by atoms with Crippen LogP contribution < -0.4 is 10.5 Å². The molecule has 7 nitrogen and oxygen atoms in total. The largest absolute Gasteiger partial charge is 0.416 e. The van der Waals surface area contributed by atoms with E-state index in [2.05, 4.69) is 14.9 Å². The van der Waals surface area contributed by atoms with E-state index in [0.29, 0.717) is 24.5 Å². The number of nitrogens with zero attached hydrogens (tertiary/aromatic N) is 3. The minimum atomic E-state index is -4.60. The van der Waals surface area contributed by atoms with Gasteiger partial charge in [0.1, 0.15) is 5.82 Å². The van der Waals surface area contributed by atoms with Crippen molar-refractivity contribution in [3.8, 4) is 11.3 Å². The van der Waals surface area contributed by atoms with Gasteiger partial charge in [0.25, 0.3) is 0 Å². The number of likely N-dealkylation sites (tertiary alicyclic amines) is 1. The molecule has 1 aromatic carbocycles. The van der Waals surface area contributed by atoms with Crippen molar-refractivity contribution < 1.29 is 34.8 Å². The van der Waals surface area contributed by atoms with Crippen LogP contribution in [0.15, 0.2) is 24.3 Å². The van der Waals surface area contributed by atoms with Crippen LogP contribution in [0, 0.1) is 12.8 Å². The first-order valence-electron chi connectivity index (χ1n) is 10.6. The summed E-state index contributed by atoms with van der Waals surface area (Å²) in [6, 6.07) is 4.20. The monoisotopic (exact) mass is 527 g/mol. The Morgan fingerprint density at radius 3 is 2.31 bits per heavy atom. The number of nitrogen functional groups attached to an aromatic ring is 1. The molecule has 2 heterocycles. The molecule has 1 saturated heterocycles. The van der Waals surface area contributed by atoms with Gasteiger partial charge in [0.15, 0.2) is 0 Å². The number of sulfonamides is 1. The van der Waals surface area contributed by atoms with Gasteiger partial charge >= 0.3 is 12.4 Å². The predicted octanol–water partition coefficient (Wildman–Crippen LogP) is 4.71. The molecule has 1 atom stereocenters. The molecule has 0 bridgehead atoms. The predicted molar refractivity (Wildman–Crippen MR) is 121 cm³/mol. The third-order valence-electron chi connectivity index (χ3n) is 5.36. The molecule has 1 fully saturated rings. The molecule has 3 rings (SSSR count). The lowest BCUT2D eigenvalue weighted by molar-refractivity contribution is -0.186. The minimum absolute atomic E-state index is 0.166. The fourth-order valence-electron chi connectivity index (χ4n) is 3.46. The highest BCUT2D eigenvalue weighted by molar-refractivity contribution is 7.92. The third kappa shape index (κ3) is 8.53. The Kier molecular flexibility index (Phi) is 8.98. The Bertz CT molecular complexity index is 1120. The maximum atomic E-state index is 12.8. The fourth-order valence-corrected chi connectivity index (χ4v) is 4.03. The van der Waals surface area contributed by atoms with Gasteiger partial charge in [-0.1, -0.05) is 13.0 Å². The number of benzene rings is 1. The van der Waals surface area contributed by atoms with E-state index < -0.39 is 33.9 Å². The molecule has 0 amide bonds. The first kappa shape index (κ1) is 28.6. The summed E-state index contributed by atoms with van der Waals surface area (Å²) in [5.41, 5.74) is 5.28. The molecule has 1 aliphatic rings. The second-order valence-electron chi connectivity index (χ2n) is 8.20. The van der Waals surface area contributed by atoms with Crippen molar-refractivity contribution in [2.24, 2.45) is 5.92 Å². The van der Waals surface area contributed by atoms with E-state index in [-0.39, 0.29) is 29.3 Å². The molecule has 0 spiro atoms. The molecule has 0 saturated carbocycles. The zero-order chi connectivity index (χ0) is 26.6. The molecule has 0 aliphatic carbocycles. The van der Waals surface area contributed by atoms with Gasteiger partial charge in [0, 0.05) is 12.1 Å². The topological polar surface area (TPSA) is 101 Å². The SMILES string of the molecule is CCN1CCC[C@@H](C(F)(F)F)C1.Cc1cc(-c2ccc(C(F)(F)F)cc2NS(C)(=O)=O)nnc1N. The van der Waals surface area contributed by atoms with Gasteiger partial charge in [-0.25, -0.2) is 8.42 Å². The molecular formula is C21H27F6N5O2S. The summed E-state index contributed by atoms with van der Waals surface area (Å²) < 4.78 is 100. The lowest BCUT2D eigenvalue weighted by atomic mass is 9.98. The quantitative estimate of drug-likeness (QED) is 0.559. The van der Waals surface area contributed by atoms with Crippen LogP contribution in [0.25, 0.3) is 11.3 Å². The van der Waals surface area contributed by atoms with Gasteiger partial charge in [-0.3, -0.25) is 4.72 Å². The van der Waals surface area contributed by atoms with Crippen LogP contribution in [-0.2, 0) is 16.2 Å². The van der Waals surface area contributed by atoms with Gasteiger partial charge in [-0.2, -0.15) is 26.3 Å². The fraction of sp³-hybridized carbons (Fsp3) is 0.524. The molecule has 14 heteroatoms. The number of hydrogen-bond donors (Lipinski definition) is 2. The minimum Gasteiger partial charge on any atom is -0.382 e. The van der Waals surface area contributed by atoms with Crippen LogP contribution in [0.3, 0.4) is 0 Å². The van der Waals surface area contributed by atoms with Crippen molar-refractivity contribution in [3.63, 3.8) is 0 Å². The molecule has 35 heavy (non-hydrogen) atoms. The van der Waals surface area contributed by atoms with Crippen LogP contribution >= 0.6 is 0 Å². The highest BCUT2D eigenvalue weighted by atomic mass is 32.2. The number of hydrogen-bond acceptors (Lipinski definition) is 6. The number of aromatic nitrogens is 2. The number of halogens is 6. The molecule has 196 valence electrons. The van der Waals surface area contributed by atoms with Gasteiger partial charge in [-0.05, 0) is 56.6 Å². The number of nitrogens with two attached hydrogens (primary N) is 1. The number of anilines is 2. The molecule has 3 N–H and O–H groups in total. The van der Waals surface area contributed by atoms with Gasteiger partial charge < -0.3 is 10.6 Å². The van der Waals surface area contributed by atoms with Crippen molar-refractivity contribution >= 4 is 21.5 Å². The average Bonchev–Trinajstić information content (AvgIpc) is 2.74. The first-order chi connectivity index (χ1) is 16.0. The maximum absolute atomic E-state index is 12.8. The summed E-state index contributed by atoms with van der Waals surface area (Å²) in [7, 11) is -3.78. The van der Waals surface area contributed by atoms with E-state index >= 15 is 0 Å². The van der Waals surface area contributed by atoms with Crippen LogP contribution in [0.2, 0.25) is 0 Å². The zero-order valence-electron chi connectivity index (χ0n) is 19.3. The van der Waals surface area contributed by atoms with Crippen molar-refractivity contribution in [2.45, 2.75) is 39.0 Å². The van der Waals surface area contributed by atoms with E-state index in [9.17, 15) is 34.8 Å². The van der Waals surface area contributed by atoms with Crippen LogP contribution in [0.4, 0.5) is 37.8 Å². The summed E-state index contributed by atoms with van der Waals surface area (Å²) in [6.07, 6.45) is -6.77. The zero-order valence-corrected chi connectivity index (χ0v) is 20.2. The Balaban J connectivity index is 0.000000303. The number of nitrogens with one attached hydrogen (secondary N) is 1. The number of rotatable bonds is 4. The summed E-state index contributed by atoms with van der Waals surface area (Å²) in [6.45, 7) is 5.30. The lowest BCUT2D eigenvalue weighted by Crippen LogP contribution is -2.41. The van der Waals surface area contributed by atoms with E-state index in [1.165, 1.54) is 6.07 Å². The average molecular weight is 528 g/mol. The summed E-state index contributed by atoms with van der Waals surface area (Å²) in [5.74, 6) is -0.913. The lowest BCUT2D eigenvalue weighted by Gasteiger charge is -2.32. The van der Waals surface area contributed by atoms with Crippen molar-refractivity contribution in [3.05, 3.63) is 35.4 Å². The Labute approximate surface area is 199 Å². The van der Waals surface area contributed by atoms with Crippen molar-refractivity contribution in [1.82, 2.24) is 15.1 Å². The third-order valence-corrected chi connectivity index (χ3v) is 5.95. The second-order valence-corrected chi connectivity index (χ2v) is 9.95. The second kappa shape index (κ2) is 11.0. The standard InChI is InChI=1S/C13H13F3N4O2S.C8H14F3N/c1-7-5-10(18-19-12(7)17)9-4-3-8(13(14,15)16)6-11(9)20-23(2,21)22;1-2-12-5-3-4-7(6-12)8(9,10)11/h3-6,20H,1-2H3,(H2,17,19);7H,2-6H2,1H3/t;7-/m.1/s1. The van der Waals surface area contributed by atoms with Gasteiger partial charge in [0.05, 0.1) is 29.1 Å². The van der Waals surface area contributed by atoms with Crippen molar-refractivity contribution in [1.29, 1.82) is 0 Å². The Morgan fingerprint density at radius 1 is 1.14 bits per heavy atom. The maximum Gasteiger partial charge on any atom is 0.416 e. The van der Waals surface area contributed by atoms with Crippen molar-refractivity contribution in [2.75, 3.05) is 36.3 Å². The first-order valence-corrected chi connectivity index (χ1v) is 12.5. The van der Waals surface area contributed by atoms with Crippen LogP contribution in [0.1, 0.15) is 30.9 Å². The Hall–Kier alpha value is -2.61. The van der Waals surface area contributed by atoms with E-state index in [0.717, 1.165) is 31.5 Å². The smallest absolute Gasteiger partial charge is 0.382 e. The highest BCUT2D eigenvalue weighted by Gasteiger charge is 2.41. The molecule has 1 aromatic heterocycles. The molecular weight excluding hydrogens is 500 g/mol. The highest BCUT2D eigenvalue weighted by Crippen LogP contribution is 2.36. The summed E-state index contributed by atoms with van der Waals surface area (Å²) in [4.78, 5) is 1.86. The number of alkyl halides is 6. The Morgan fingerprint density at radius 2 is 1.80 bits per heavy atom.